The van der Waals surface area contributed by atoms with Crippen molar-refractivity contribution in [1.29, 1.82) is 0 Å². The molecule has 0 atom stereocenters. The summed E-state index contributed by atoms with van der Waals surface area (Å²) in [6.07, 6.45) is 0. The molecule has 4 heteroatoms. The number of hydrogen-bond donors (Lipinski definition) is 2. The fourth-order valence-electron chi connectivity index (χ4n) is 0.906. The molecule has 74 valence electrons. The quantitative estimate of drug-likeness (QED) is 0.595. The second kappa shape index (κ2) is 8.23. The van der Waals surface area contributed by atoms with Gasteiger partial charge in [0.15, 0.2) is 0 Å². The van der Waals surface area contributed by atoms with E-state index in [0.29, 0.717) is 0 Å². The molecule has 0 spiro atoms. The van der Waals surface area contributed by atoms with E-state index < -0.39 is 0 Å². The van der Waals surface area contributed by atoms with Crippen molar-refractivity contribution in [3.8, 4) is 0 Å². The van der Waals surface area contributed by atoms with Crippen LogP contribution in [0.5, 0.6) is 0 Å². The summed E-state index contributed by atoms with van der Waals surface area (Å²) in [4.78, 5) is 4.59. The molecule has 0 saturated carbocycles. The Bertz CT molecular complexity index is 89.1. The normalized spacial score (nSPS) is 11.5. The molecule has 0 N–H and O–H groups in total. The first kappa shape index (κ1) is 12.6. The Morgan fingerprint density at radius 1 is 0.750 bits per heavy atom. The second-order valence-corrected chi connectivity index (χ2v) is 3.95. The molecule has 0 aliphatic carbocycles. The molecule has 0 rings (SSSR count). The lowest BCUT2D eigenvalue weighted by molar-refractivity contribution is 0.274. The standard InChI is InChI=1S/C8H20N2S2/c1-9(5-7-11)3-4-10(2)6-8-12/h11-12H,3-8H2,1-2H3. The van der Waals surface area contributed by atoms with E-state index in [1.807, 2.05) is 0 Å². The van der Waals surface area contributed by atoms with Crippen LogP contribution in [0, 0.1) is 0 Å². The maximum Gasteiger partial charge on any atom is 0.0107 e. The first-order valence-corrected chi connectivity index (χ1v) is 5.56. The van der Waals surface area contributed by atoms with Crippen LogP contribution >= 0.6 is 25.3 Å². The predicted molar refractivity (Wildman–Crippen MR) is 62.7 cm³/mol. The lowest BCUT2D eigenvalue weighted by Gasteiger charge is -2.20. The van der Waals surface area contributed by atoms with Crippen LogP contribution in [0.15, 0.2) is 0 Å². The van der Waals surface area contributed by atoms with Crippen LogP contribution in [0.4, 0.5) is 0 Å². The molecule has 0 amide bonds. The van der Waals surface area contributed by atoms with Crippen LogP contribution in [-0.2, 0) is 0 Å². The van der Waals surface area contributed by atoms with Crippen LogP contribution < -0.4 is 0 Å². The van der Waals surface area contributed by atoms with Crippen LogP contribution in [0.2, 0.25) is 0 Å². The van der Waals surface area contributed by atoms with E-state index in [0.717, 1.165) is 37.7 Å². The lowest BCUT2D eigenvalue weighted by Crippen LogP contribution is -2.32. The number of thiol groups is 2. The van der Waals surface area contributed by atoms with Crippen LogP contribution in [0.1, 0.15) is 0 Å². The molecule has 0 aromatic carbocycles. The zero-order valence-electron chi connectivity index (χ0n) is 8.03. The summed E-state index contributed by atoms with van der Waals surface area (Å²) in [5.74, 6) is 1.87. The van der Waals surface area contributed by atoms with Crippen molar-refractivity contribution in [1.82, 2.24) is 9.80 Å². The molecule has 0 aliphatic heterocycles. The molecule has 0 bridgehead atoms. The Morgan fingerprint density at radius 2 is 1.08 bits per heavy atom. The fourth-order valence-corrected chi connectivity index (χ4v) is 1.59. The highest BCUT2D eigenvalue weighted by Gasteiger charge is 1.99. The van der Waals surface area contributed by atoms with Crippen molar-refractivity contribution < 1.29 is 0 Å². The Kier molecular flexibility index (Phi) is 8.65. The van der Waals surface area contributed by atoms with Gasteiger partial charge >= 0.3 is 0 Å². The van der Waals surface area contributed by atoms with E-state index in [9.17, 15) is 0 Å². The molecular formula is C8H20N2S2. The van der Waals surface area contributed by atoms with Gasteiger partial charge in [-0.15, -0.1) is 0 Å². The molecule has 2 nitrogen and oxygen atoms in total. The van der Waals surface area contributed by atoms with Crippen molar-refractivity contribution in [2.75, 3.05) is 51.8 Å². The van der Waals surface area contributed by atoms with Gasteiger partial charge in [0.25, 0.3) is 0 Å². The summed E-state index contributed by atoms with van der Waals surface area (Å²) in [5, 5.41) is 0. The van der Waals surface area contributed by atoms with Gasteiger partial charge in [0.05, 0.1) is 0 Å². The summed E-state index contributed by atoms with van der Waals surface area (Å²) in [6.45, 7) is 4.37. The van der Waals surface area contributed by atoms with Crippen LogP contribution in [0.25, 0.3) is 0 Å². The topological polar surface area (TPSA) is 6.48 Å². The number of hydrogen-bond acceptors (Lipinski definition) is 4. The Labute approximate surface area is 87.1 Å². The minimum Gasteiger partial charge on any atom is -0.304 e. The van der Waals surface area contributed by atoms with Crippen LogP contribution in [0.3, 0.4) is 0 Å². The highest BCUT2D eigenvalue weighted by molar-refractivity contribution is 7.80. The zero-order chi connectivity index (χ0) is 9.40. The van der Waals surface area contributed by atoms with Crippen molar-refractivity contribution in [2.24, 2.45) is 0 Å². The highest BCUT2D eigenvalue weighted by Crippen LogP contribution is 1.88. The molecule has 0 aromatic rings. The largest absolute Gasteiger partial charge is 0.304 e. The van der Waals surface area contributed by atoms with Gasteiger partial charge in [0.2, 0.25) is 0 Å². The number of likely N-dealkylation sites (N-methyl/N-ethyl adjacent to an activating group) is 2. The second-order valence-electron chi connectivity index (χ2n) is 3.05. The summed E-state index contributed by atoms with van der Waals surface area (Å²) < 4.78 is 0. The van der Waals surface area contributed by atoms with Gasteiger partial charge < -0.3 is 9.80 Å². The molecule has 0 fully saturated rings. The van der Waals surface area contributed by atoms with Crippen molar-refractivity contribution >= 4 is 25.3 Å². The van der Waals surface area contributed by atoms with Gasteiger partial charge in [0, 0.05) is 37.7 Å². The van der Waals surface area contributed by atoms with E-state index in [2.05, 4.69) is 49.2 Å². The smallest absolute Gasteiger partial charge is 0.0107 e. The van der Waals surface area contributed by atoms with Gasteiger partial charge in [-0.1, -0.05) is 0 Å². The highest BCUT2D eigenvalue weighted by atomic mass is 32.1. The van der Waals surface area contributed by atoms with E-state index in [1.165, 1.54) is 0 Å². The Hall–Kier alpha value is 0.620. The molecule has 0 radical (unpaired) electrons. The SMILES string of the molecule is CN(CCS)CCN(C)CCS. The summed E-state index contributed by atoms with van der Waals surface area (Å²) >= 11 is 8.36. The summed E-state index contributed by atoms with van der Waals surface area (Å²) in [6, 6.07) is 0. The van der Waals surface area contributed by atoms with E-state index >= 15 is 0 Å². The fraction of sp³-hybridized carbons (Fsp3) is 1.00. The lowest BCUT2D eigenvalue weighted by atomic mass is 10.5. The monoisotopic (exact) mass is 208 g/mol. The van der Waals surface area contributed by atoms with Crippen molar-refractivity contribution in [3.63, 3.8) is 0 Å². The average Bonchev–Trinajstić information content (AvgIpc) is 2.02. The molecular weight excluding hydrogens is 188 g/mol. The van der Waals surface area contributed by atoms with Gasteiger partial charge in [-0.3, -0.25) is 0 Å². The minimum atomic E-state index is 0.937. The maximum absolute atomic E-state index is 4.18. The molecule has 0 aliphatic rings. The summed E-state index contributed by atoms with van der Waals surface area (Å²) in [5.41, 5.74) is 0. The molecule has 0 aromatic heterocycles. The van der Waals surface area contributed by atoms with Crippen molar-refractivity contribution in [2.45, 2.75) is 0 Å². The molecule has 0 unspecified atom stereocenters. The first-order chi connectivity index (χ1) is 5.70. The Morgan fingerprint density at radius 3 is 1.33 bits per heavy atom. The molecule has 0 saturated heterocycles. The number of rotatable bonds is 7. The maximum atomic E-state index is 4.18. The van der Waals surface area contributed by atoms with Crippen LogP contribution in [-0.4, -0.2) is 61.6 Å². The third-order valence-electron chi connectivity index (χ3n) is 1.83. The number of nitrogens with zero attached hydrogens (tertiary/aromatic N) is 2. The summed E-state index contributed by atoms with van der Waals surface area (Å²) in [7, 11) is 4.26. The molecule has 0 heterocycles. The average molecular weight is 208 g/mol. The van der Waals surface area contributed by atoms with Gasteiger partial charge in [-0.2, -0.15) is 25.3 Å². The Balaban J connectivity index is 3.27. The van der Waals surface area contributed by atoms with E-state index in [1.54, 1.807) is 0 Å². The minimum absolute atomic E-state index is 0.937. The first-order valence-electron chi connectivity index (χ1n) is 4.29. The predicted octanol–water partition coefficient (Wildman–Crippen LogP) is 0.710. The van der Waals surface area contributed by atoms with Crippen molar-refractivity contribution in [3.05, 3.63) is 0 Å². The van der Waals surface area contributed by atoms with Gasteiger partial charge in [0.1, 0.15) is 0 Å². The van der Waals surface area contributed by atoms with E-state index in [-0.39, 0.29) is 0 Å². The van der Waals surface area contributed by atoms with E-state index in [4.69, 9.17) is 0 Å². The van der Waals surface area contributed by atoms with Gasteiger partial charge in [-0.25, -0.2) is 0 Å². The zero-order valence-corrected chi connectivity index (χ0v) is 9.82. The van der Waals surface area contributed by atoms with Gasteiger partial charge in [-0.05, 0) is 14.1 Å². The molecule has 12 heavy (non-hydrogen) atoms. The third-order valence-corrected chi connectivity index (χ3v) is 2.23. The third kappa shape index (κ3) is 7.28.